The van der Waals surface area contributed by atoms with Gasteiger partial charge in [0.25, 0.3) is 0 Å². The van der Waals surface area contributed by atoms with Gasteiger partial charge in [-0.25, -0.2) is 9.78 Å². The zero-order chi connectivity index (χ0) is 10.1. The van der Waals surface area contributed by atoms with Gasteiger partial charge in [0.2, 0.25) is 0 Å². The van der Waals surface area contributed by atoms with Crippen molar-refractivity contribution < 1.29 is 15.0 Å². The van der Waals surface area contributed by atoms with Crippen LogP contribution in [0, 0.1) is 0 Å². The van der Waals surface area contributed by atoms with Gasteiger partial charge in [-0.3, -0.25) is 0 Å². The van der Waals surface area contributed by atoms with Crippen LogP contribution in [-0.2, 0) is 17.8 Å². The Morgan fingerprint density at radius 3 is 3.00 bits per heavy atom. The van der Waals surface area contributed by atoms with Gasteiger partial charge in [-0.15, -0.1) is 0 Å². The van der Waals surface area contributed by atoms with E-state index in [1.807, 2.05) is 4.57 Å². The van der Waals surface area contributed by atoms with Crippen LogP contribution in [0.4, 0.5) is 0 Å². The Labute approximate surface area is 81.0 Å². The number of nitrogens with zero attached hydrogens (tertiary/aromatic N) is 2. The van der Waals surface area contributed by atoms with Crippen LogP contribution >= 0.6 is 0 Å². The maximum absolute atomic E-state index is 10.5. The predicted molar refractivity (Wildman–Crippen MR) is 47.8 cm³/mol. The number of aliphatic hydroxyl groups is 1. The highest BCUT2D eigenvalue weighted by Gasteiger charge is 2.21. The minimum absolute atomic E-state index is 0.245. The first-order valence-electron chi connectivity index (χ1n) is 4.65. The van der Waals surface area contributed by atoms with Crippen LogP contribution in [0.15, 0.2) is 6.20 Å². The summed E-state index contributed by atoms with van der Waals surface area (Å²) in [6, 6.07) is 0. The molecule has 5 nitrogen and oxygen atoms in total. The zero-order valence-electron chi connectivity index (χ0n) is 7.68. The molecule has 5 heteroatoms. The van der Waals surface area contributed by atoms with Crippen molar-refractivity contribution >= 4 is 5.97 Å². The third kappa shape index (κ3) is 1.50. The molecule has 1 atom stereocenters. The summed E-state index contributed by atoms with van der Waals surface area (Å²) >= 11 is 0. The lowest BCUT2D eigenvalue weighted by atomic mass is 10.2. The Balaban J connectivity index is 2.28. The average molecular weight is 196 g/mol. The van der Waals surface area contributed by atoms with Crippen molar-refractivity contribution in [3.05, 3.63) is 17.7 Å². The summed E-state index contributed by atoms with van der Waals surface area (Å²) in [7, 11) is 0. The molecule has 0 saturated carbocycles. The lowest BCUT2D eigenvalue weighted by Gasteiger charge is -2.11. The highest BCUT2D eigenvalue weighted by Crippen LogP contribution is 2.18. The minimum atomic E-state index is -1.49. The molecule has 1 aliphatic heterocycles. The van der Waals surface area contributed by atoms with E-state index in [9.17, 15) is 9.90 Å². The number of aryl methyl sites for hydroxylation is 2. The van der Waals surface area contributed by atoms with Crippen LogP contribution in [0.3, 0.4) is 0 Å². The lowest BCUT2D eigenvalue weighted by Crippen LogP contribution is -2.10. The Morgan fingerprint density at radius 1 is 1.57 bits per heavy atom. The highest BCUT2D eigenvalue weighted by atomic mass is 16.4. The maximum Gasteiger partial charge on any atom is 0.338 e. The highest BCUT2D eigenvalue weighted by molar-refractivity contribution is 5.73. The molecule has 0 spiro atoms. The lowest BCUT2D eigenvalue weighted by molar-refractivity contribution is -0.147. The van der Waals surface area contributed by atoms with E-state index in [0.717, 1.165) is 31.6 Å². The molecule has 0 bridgehead atoms. The van der Waals surface area contributed by atoms with E-state index in [-0.39, 0.29) is 5.69 Å². The summed E-state index contributed by atoms with van der Waals surface area (Å²) in [4.78, 5) is 14.6. The Morgan fingerprint density at radius 2 is 2.36 bits per heavy atom. The number of aromatic nitrogens is 2. The van der Waals surface area contributed by atoms with Gasteiger partial charge in [0.15, 0.2) is 6.10 Å². The van der Waals surface area contributed by atoms with Gasteiger partial charge in [0, 0.05) is 19.2 Å². The number of fused-ring (bicyclic) bond motifs is 1. The standard InChI is InChI=1S/C9H12N2O3/c12-8(9(13)14)6-5-11-4-2-1-3-7(11)10-6/h5,8,12H,1-4H2,(H,13,14). The molecule has 2 rings (SSSR count). The number of rotatable bonds is 2. The number of aliphatic hydroxyl groups excluding tert-OH is 1. The molecule has 1 unspecified atom stereocenters. The summed E-state index contributed by atoms with van der Waals surface area (Å²) in [5.41, 5.74) is 0.245. The SMILES string of the molecule is O=C(O)C(O)c1cn2c(n1)CCCC2. The molecule has 14 heavy (non-hydrogen) atoms. The predicted octanol–water partition coefficient (Wildman–Crippen LogP) is 0.337. The Hall–Kier alpha value is -1.36. The quantitative estimate of drug-likeness (QED) is 0.715. The van der Waals surface area contributed by atoms with Gasteiger partial charge in [0.05, 0.1) is 5.69 Å². The van der Waals surface area contributed by atoms with Gasteiger partial charge in [-0.05, 0) is 12.8 Å². The second-order valence-corrected chi connectivity index (χ2v) is 3.47. The molecule has 0 amide bonds. The van der Waals surface area contributed by atoms with E-state index < -0.39 is 12.1 Å². The third-order valence-electron chi connectivity index (χ3n) is 2.44. The molecule has 0 aliphatic carbocycles. The molecule has 1 aliphatic rings. The van der Waals surface area contributed by atoms with E-state index in [1.54, 1.807) is 6.20 Å². The van der Waals surface area contributed by atoms with Crippen molar-refractivity contribution in [2.24, 2.45) is 0 Å². The fourth-order valence-corrected chi connectivity index (χ4v) is 1.69. The number of carboxylic acid groups (broad SMARTS) is 1. The molecule has 2 heterocycles. The number of carboxylic acids is 1. The molecule has 76 valence electrons. The molecule has 2 N–H and O–H groups in total. The molecule has 0 radical (unpaired) electrons. The van der Waals surface area contributed by atoms with Gasteiger partial charge in [-0.2, -0.15) is 0 Å². The summed E-state index contributed by atoms with van der Waals surface area (Å²) in [6.45, 7) is 0.870. The smallest absolute Gasteiger partial charge is 0.338 e. The van der Waals surface area contributed by atoms with Crippen LogP contribution < -0.4 is 0 Å². The summed E-state index contributed by atoms with van der Waals surface area (Å²) < 4.78 is 1.92. The van der Waals surface area contributed by atoms with Crippen molar-refractivity contribution in [3.63, 3.8) is 0 Å². The van der Waals surface area contributed by atoms with Crippen LogP contribution in [0.5, 0.6) is 0 Å². The van der Waals surface area contributed by atoms with E-state index in [1.165, 1.54) is 0 Å². The number of imidazole rings is 1. The van der Waals surface area contributed by atoms with Gasteiger partial charge < -0.3 is 14.8 Å². The second kappa shape index (κ2) is 3.42. The molecular weight excluding hydrogens is 184 g/mol. The van der Waals surface area contributed by atoms with Crippen LogP contribution in [0.2, 0.25) is 0 Å². The first-order chi connectivity index (χ1) is 6.68. The number of carbonyl (C=O) groups is 1. The summed E-state index contributed by atoms with van der Waals surface area (Å²) in [5, 5.41) is 17.9. The van der Waals surface area contributed by atoms with Crippen molar-refractivity contribution in [1.82, 2.24) is 9.55 Å². The van der Waals surface area contributed by atoms with Crippen molar-refractivity contribution in [1.29, 1.82) is 0 Å². The molecule has 0 fully saturated rings. The van der Waals surface area contributed by atoms with Crippen LogP contribution in [-0.4, -0.2) is 25.7 Å². The summed E-state index contributed by atoms with van der Waals surface area (Å²) in [6.07, 6.45) is 3.18. The Kier molecular flexibility index (Phi) is 2.25. The van der Waals surface area contributed by atoms with Gasteiger partial charge in [-0.1, -0.05) is 0 Å². The topological polar surface area (TPSA) is 75.3 Å². The fourth-order valence-electron chi connectivity index (χ4n) is 1.69. The number of aliphatic carboxylic acids is 1. The normalized spacial score (nSPS) is 17.5. The average Bonchev–Trinajstić information content (AvgIpc) is 2.59. The maximum atomic E-state index is 10.5. The second-order valence-electron chi connectivity index (χ2n) is 3.47. The van der Waals surface area contributed by atoms with Gasteiger partial charge >= 0.3 is 5.97 Å². The molecule has 0 saturated heterocycles. The van der Waals surface area contributed by atoms with Crippen molar-refractivity contribution in [2.45, 2.75) is 31.9 Å². The molecule has 1 aromatic rings. The van der Waals surface area contributed by atoms with E-state index in [0.29, 0.717) is 0 Å². The zero-order valence-corrected chi connectivity index (χ0v) is 7.68. The fraction of sp³-hybridized carbons (Fsp3) is 0.556. The van der Waals surface area contributed by atoms with E-state index >= 15 is 0 Å². The minimum Gasteiger partial charge on any atom is -0.479 e. The van der Waals surface area contributed by atoms with E-state index in [2.05, 4.69) is 4.98 Å². The first kappa shape index (κ1) is 9.21. The Bertz CT molecular complexity index is 335. The molecular formula is C9H12N2O3. The third-order valence-corrected chi connectivity index (χ3v) is 2.44. The van der Waals surface area contributed by atoms with E-state index in [4.69, 9.17) is 5.11 Å². The number of hydrogen-bond donors (Lipinski definition) is 2. The molecule has 0 aromatic carbocycles. The summed E-state index contributed by atoms with van der Waals surface area (Å²) in [5.74, 6) is -0.369. The molecule has 1 aromatic heterocycles. The first-order valence-corrected chi connectivity index (χ1v) is 4.65. The van der Waals surface area contributed by atoms with Crippen molar-refractivity contribution in [3.8, 4) is 0 Å². The van der Waals surface area contributed by atoms with Crippen LogP contribution in [0.1, 0.15) is 30.5 Å². The van der Waals surface area contributed by atoms with Crippen molar-refractivity contribution in [2.75, 3.05) is 0 Å². The van der Waals surface area contributed by atoms with Crippen LogP contribution in [0.25, 0.3) is 0 Å². The van der Waals surface area contributed by atoms with Gasteiger partial charge in [0.1, 0.15) is 5.82 Å². The largest absolute Gasteiger partial charge is 0.479 e. The monoisotopic (exact) mass is 196 g/mol. The number of hydrogen-bond acceptors (Lipinski definition) is 3.